The average Bonchev–Trinajstić information content (AvgIpc) is 2.29. The molecule has 102 valence electrons. The van der Waals surface area contributed by atoms with E-state index in [1.54, 1.807) is 13.1 Å². The Kier molecular flexibility index (Phi) is 6.46. The zero-order valence-electron chi connectivity index (χ0n) is 11.3. The summed E-state index contributed by atoms with van der Waals surface area (Å²) in [6.07, 6.45) is 1.54. The van der Waals surface area contributed by atoms with Gasteiger partial charge in [-0.15, -0.1) is 0 Å². The lowest BCUT2D eigenvalue weighted by Crippen LogP contribution is -2.29. The number of aromatic nitrogens is 1. The molecule has 1 heterocycles. The van der Waals surface area contributed by atoms with E-state index in [0.717, 1.165) is 24.7 Å². The molecule has 1 aromatic heterocycles. The summed E-state index contributed by atoms with van der Waals surface area (Å²) in [5.41, 5.74) is 0. The second-order valence-corrected chi connectivity index (χ2v) is 4.50. The molecule has 0 aliphatic rings. The quantitative estimate of drug-likeness (QED) is 0.609. The maximum atomic E-state index is 9.10. The van der Waals surface area contributed by atoms with Crippen LogP contribution in [-0.4, -0.2) is 41.9 Å². The first-order valence-corrected chi connectivity index (χ1v) is 6.34. The number of nitrogens with one attached hydrogen (secondary N) is 2. The van der Waals surface area contributed by atoms with Gasteiger partial charge in [-0.25, -0.2) is 4.98 Å². The molecule has 5 heteroatoms. The number of nitrogens with zero attached hydrogens (tertiary/aromatic N) is 1. The van der Waals surface area contributed by atoms with Crippen LogP contribution in [0.15, 0.2) is 18.3 Å². The number of hydrogen-bond donors (Lipinski definition) is 3. The smallest absolute Gasteiger partial charge is 0.168 e. The van der Waals surface area contributed by atoms with E-state index < -0.39 is 0 Å². The van der Waals surface area contributed by atoms with Gasteiger partial charge in [0, 0.05) is 25.8 Å². The van der Waals surface area contributed by atoms with Crippen LogP contribution in [0.3, 0.4) is 0 Å². The number of aliphatic hydroxyl groups is 1. The molecule has 0 amide bonds. The summed E-state index contributed by atoms with van der Waals surface area (Å²) < 4.78 is 5.66. The summed E-state index contributed by atoms with van der Waals surface area (Å²) in [6, 6.07) is 3.76. The van der Waals surface area contributed by atoms with Gasteiger partial charge in [0.25, 0.3) is 0 Å². The van der Waals surface area contributed by atoms with Gasteiger partial charge in [-0.05, 0) is 32.9 Å². The lowest BCUT2D eigenvalue weighted by atomic mass is 10.4. The third kappa shape index (κ3) is 5.84. The fraction of sp³-hybridized carbons (Fsp3) is 0.615. The SMILES string of the molecule is CC(O)CNCCNc1ncccc1OC(C)C. The Morgan fingerprint density at radius 1 is 1.33 bits per heavy atom. The number of ether oxygens (including phenoxy) is 1. The third-order valence-electron chi connectivity index (χ3n) is 2.17. The van der Waals surface area contributed by atoms with Crippen LogP contribution in [0.1, 0.15) is 20.8 Å². The highest BCUT2D eigenvalue weighted by atomic mass is 16.5. The van der Waals surface area contributed by atoms with Gasteiger partial charge in [-0.3, -0.25) is 0 Å². The summed E-state index contributed by atoms with van der Waals surface area (Å²) in [6.45, 7) is 7.83. The number of pyridine rings is 1. The minimum absolute atomic E-state index is 0.128. The second kappa shape index (κ2) is 7.89. The number of rotatable bonds is 8. The molecule has 1 rings (SSSR count). The standard InChI is InChI=1S/C13H23N3O2/c1-10(2)18-12-5-4-6-15-13(12)16-8-7-14-9-11(3)17/h4-6,10-11,14,17H,7-9H2,1-3H3,(H,15,16). The maximum Gasteiger partial charge on any atom is 0.168 e. The van der Waals surface area contributed by atoms with Crippen LogP contribution in [0, 0.1) is 0 Å². The van der Waals surface area contributed by atoms with Crippen LogP contribution in [-0.2, 0) is 0 Å². The van der Waals surface area contributed by atoms with Crippen molar-refractivity contribution in [2.24, 2.45) is 0 Å². The van der Waals surface area contributed by atoms with Gasteiger partial charge in [0.2, 0.25) is 0 Å². The van der Waals surface area contributed by atoms with Gasteiger partial charge in [0.15, 0.2) is 11.6 Å². The predicted molar refractivity (Wildman–Crippen MR) is 73.0 cm³/mol. The van der Waals surface area contributed by atoms with E-state index in [4.69, 9.17) is 9.84 Å². The Hall–Kier alpha value is -1.33. The highest BCUT2D eigenvalue weighted by molar-refractivity contribution is 5.49. The van der Waals surface area contributed by atoms with Crippen molar-refractivity contribution in [2.75, 3.05) is 25.0 Å². The first-order valence-electron chi connectivity index (χ1n) is 6.34. The monoisotopic (exact) mass is 253 g/mol. The van der Waals surface area contributed by atoms with E-state index in [1.807, 2.05) is 26.0 Å². The lowest BCUT2D eigenvalue weighted by Gasteiger charge is -2.14. The molecule has 0 fully saturated rings. The van der Waals surface area contributed by atoms with Crippen molar-refractivity contribution in [2.45, 2.75) is 33.0 Å². The molecule has 0 aromatic carbocycles. The van der Waals surface area contributed by atoms with Crippen molar-refractivity contribution < 1.29 is 9.84 Å². The molecular weight excluding hydrogens is 230 g/mol. The average molecular weight is 253 g/mol. The molecule has 3 N–H and O–H groups in total. The van der Waals surface area contributed by atoms with Gasteiger partial charge < -0.3 is 20.5 Å². The van der Waals surface area contributed by atoms with Crippen molar-refractivity contribution in [1.29, 1.82) is 0 Å². The fourth-order valence-electron chi connectivity index (χ4n) is 1.45. The minimum atomic E-state index is -0.320. The molecule has 0 radical (unpaired) electrons. The summed E-state index contributed by atoms with van der Waals surface area (Å²) in [5.74, 6) is 1.52. The minimum Gasteiger partial charge on any atom is -0.487 e. The Bertz CT molecular complexity index is 343. The van der Waals surface area contributed by atoms with Crippen LogP contribution in [0.5, 0.6) is 5.75 Å². The van der Waals surface area contributed by atoms with Crippen LogP contribution in [0.25, 0.3) is 0 Å². The van der Waals surface area contributed by atoms with Crippen molar-refractivity contribution in [3.63, 3.8) is 0 Å². The lowest BCUT2D eigenvalue weighted by molar-refractivity contribution is 0.192. The first-order chi connectivity index (χ1) is 8.59. The highest BCUT2D eigenvalue weighted by Crippen LogP contribution is 2.21. The molecule has 0 saturated carbocycles. The molecule has 18 heavy (non-hydrogen) atoms. The Balaban J connectivity index is 2.37. The van der Waals surface area contributed by atoms with Crippen molar-refractivity contribution in [1.82, 2.24) is 10.3 Å². The number of hydrogen-bond acceptors (Lipinski definition) is 5. The Morgan fingerprint density at radius 3 is 2.78 bits per heavy atom. The molecule has 1 aromatic rings. The third-order valence-corrected chi connectivity index (χ3v) is 2.17. The van der Waals surface area contributed by atoms with E-state index in [9.17, 15) is 0 Å². The zero-order valence-corrected chi connectivity index (χ0v) is 11.3. The number of aliphatic hydroxyl groups excluding tert-OH is 1. The molecule has 1 unspecified atom stereocenters. The molecule has 0 bridgehead atoms. The summed E-state index contributed by atoms with van der Waals surface area (Å²) in [4.78, 5) is 4.25. The fourth-order valence-corrected chi connectivity index (χ4v) is 1.45. The Labute approximate surface area is 109 Å². The predicted octanol–water partition coefficient (Wildman–Crippen LogP) is 1.25. The largest absolute Gasteiger partial charge is 0.487 e. The topological polar surface area (TPSA) is 66.4 Å². The van der Waals surface area contributed by atoms with Crippen LogP contribution in [0.2, 0.25) is 0 Å². The Morgan fingerprint density at radius 2 is 2.11 bits per heavy atom. The van der Waals surface area contributed by atoms with Gasteiger partial charge in [-0.1, -0.05) is 0 Å². The van der Waals surface area contributed by atoms with E-state index in [2.05, 4.69) is 15.6 Å². The highest BCUT2D eigenvalue weighted by Gasteiger charge is 2.05. The van der Waals surface area contributed by atoms with E-state index in [1.165, 1.54) is 0 Å². The van der Waals surface area contributed by atoms with Gasteiger partial charge >= 0.3 is 0 Å². The summed E-state index contributed by atoms with van der Waals surface area (Å²) in [7, 11) is 0. The zero-order chi connectivity index (χ0) is 13.4. The second-order valence-electron chi connectivity index (χ2n) is 4.50. The normalized spacial score (nSPS) is 12.5. The van der Waals surface area contributed by atoms with Crippen molar-refractivity contribution >= 4 is 5.82 Å². The van der Waals surface area contributed by atoms with Crippen LogP contribution >= 0.6 is 0 Å². The molecule has 0 spiro atoms. The van der Waals surface area contributed by atoms with Crippen LogP contribution in [0.4, 0.5) is 5.82 Å². The number of anilines is 1. The summed E-state index contributed by atoms with van der Waals surface area (Å²) in [5, 5.41) is 15.4. The molecule has 0 saturated heterocycles. The molecule has 1 atom stereocenters. The van der Waals surface area contributed by atoms with E-state index in [0.29, 0.717) is 6.54 Å². The maximum absolute atomic E-state index is 9.10. The molecule has 5 nitrogen and oxygen atoms in total. The summed E-state index contributed by atoms with van der Waals surface area (Å²) >= 11 is 0. The van der Waals surface area contributed by atoms with Crippen molar-refractivity contribution in [3.8, 4) is 5.75 Å². The van der Waals surface area contributed by atoms with Crippen LogP contribution < -0.4 is 15.4 Å². The molecule has 0 aliphatic carbocycles. The first kappa shape index (κ1) is 14.7. The van der Waals surface area contributed by atoms with Gasteiger partial charge in [0.05, 0.1) is 12.2 Å². The van der Waals surface area contributed by atoms with Gasteiger partial charge in [0.1, 0.15) is 0 Å². The molecule has 0 aliphatic heterocycles. The van der Waals surface area contributed by atoms with E-state index in [-0.39, 0.29) is 12.2 Å². The van der Waals surface area contributed by atoms with E-state index >= 15 is 0 Å². The van der Waals surface area contributed by atoms with Crippen molar-refractivity contribution in [3.05, 3.63) is 18.3 Å². The van der Waals surface area contributed by atoms with Gasteiger partial charge in [-0.2, -0.15) is 0 Å². The molecular formula is C13H23N3O2.